The highest BCUT2D eigenvalue weighted by Crippen LogP contribution is 2.12. The first kappa shape index (κ1) is 18.3. The van der Waals surface area contributed by atoms with Crippen LogP contribution >= 0.6 is 0 Å². The van der Waals surface area contributed by atoms with Crippen molar-refractivity contribution in [1.82, 2.24) is 4.98 Å². The maximum atomic E-state index is 5.98. The van der Waals surface area contributed by atoms with Crippen LogP contribution in [0.15, 0.2) is 24.5 Å². The number of rotatable bonds is 12. The van der Waals surface area contributed by atoms with E-state index in [9.17, 15) is 0 Å². The molecule has 1 rings (SSSR count). The SMILES string of the molecule is CCCCCCCCCO[Si](C)(C)OCc1cccnc1. The normalized spacial score (nSPS) is 11.8. The molecule has 21 heavy (non-hydrogen) atoms. The van der Waals surface area contributed by atoms with Gasteiger partial charge < -0.3 is 8.85 Å². The zero-order valence-electron chi connectivity index (χ0n) is 13.9. The summed E-state index contributed by atoms with van der Waals surface area (Å²) in [5.74, 6) is 0. The first-order valence-corrected chi connectivity index (χ1v) is 11.1. The van der Waals surface area contributed by atoms with E-state index in [1.807, 2.05) is 18.3 Å². The zero-order chi connectivity index (χ0) is 15.4. The van der Waals surface area contributed by atoms with E-state index in [0.717, 1.165) is 18.6 Å². The predicted octanol–water partition coefficient (Wildman–Crippen LogP) is 5.07. The van der Waals surface area contributed by atoms with Crippen LogP contribution in [0, 0.1) is 0 Å². The van der Waals surface area contributed by atoms with Gasteiger partial charge in [-0.25, -0.2) is 0 Å². The number of hydrogen-bond acceptors (Lipinski definition) is 3. The molecule has 0 spiro atoms. The van der Waals surface area contributed by atoms with Crippen LogP contribution in [0.5, 0.6) is 0 Å². The molecule has 0 radical (unpaired) electrons. The van der Waals surface area contributed by atoms with Crippen molar-refractivity contribution in [2.75, 3.05) is 6.61 Å². The molecule has 0 aromatic carbocycles. The van der Waals surface area contributed by atoms with E-state index in [1.165, 1.54) is 38.5 Å². The zero-order valence-corrected chi connectivity index (χ0v) is 14.9. The fourth-order valence-corrected chi connectivity index (χ4v) is 3.39. The minimum Gasteiger partial charge on any atom is -0.395 e. The van der Waals surface area contributed by atoms with E-state index in [0.29, 0.717) is 6.61 Å². The van der Waals surface area contributed by atoms with Crippen LogP contribution in [0.25, 0.3) is 0 Å². The number of aromatic nitrogens is 1. The van der Waals surface area contributed by atoms with E-state index in [2.05, 4.69) is 25.0 Å². The number of hydrogen-bond donors (Lipinski definition) is 0. The first-order valence-electron chi connectivity index (χ1n) is 8.31. The molecule has 1 aromatic heterocycles. The third kappa shape index (κ3) is 9.77. The molecule has 3 nitrogen and oxygen atoms in total. The van der Waals surface area contributed by atoms with Crippen molar-refractivity contribution in [3.05, 3.63) is 30.1 Å². The number of unbranched alkanes of at least 4 members (excludes halogenated alkanes) is 6. The highest BCUT2D eigenvalue weighted by molar-refractivity contribution is 6.64. The van der Waals surface area contributed by atoms with Crippen LogP contribution in [-0.4, -0.2) is 20.2 Å². The maximum Gasteiger partial charge on any atom is 0.332 e. The van der Waals surface area contributed by atoms with E-state index < -0.39 is 8.56 Å². The Bertz CT molecular complexity index is 357. The predicted molar refractivity (Wildman–Crippen MR) is 90.5 cm³/mol. The van der Waals surface area contributed by atoms with E-state index >= 15 is 0 Å². The summed E-state index contributed by atoms with van der Waals surface area (Å²) in [5.41, 5.74) is 1.11. The van der Waals surface area contributed by atoms with Crippen molar-refractivity contribution in [2.45, 2.75) is 71.6 Å². The van der Waals surface area contributed by atoms with Crippen LogP contribution in [-0.2, 0) is 15.5 Å². The molecule has 1 aromatic rings. The Morgan fingerprint density at radius 2 is 1.71 bits per heavy atom. The molecule has 0 N–H and O–H groups in total. The summed E-state index contributed by atoms with van der Waals surface area (Å²) in [7, 11) is -2.00. The molecule has 0 aliphatic carbocycles. The number of nitrogens with zero attached hydrogens (tertiary/aromatic N) is 1. The van der Waals surface area contributed by atoms with Gasteiger partial charge in [0.25, 0.3) is 0 Å². The lowest BCUT2D eigenvalue weighted by atomic mass is 10.1. The Labute approximate surface area is 131 Å². The highest BCUT2D eigenvalue weighted by Gasteiger charge is 2.24. The van der Waals surface area contributed by atoms with Gasteiger partial charge in [-0.15, -0.1) is 0 Å². The highest BCUT2D eigenvalue weighted by atomic mass is 28.4. The van der Waals surface area contributed by atoms with Gasteiger partial charge in [-0.2, -0.15) is 0 Å². The van der Waals surface area contributed by atoms with Gasteiger partial charge in [-0.05, 0) is 31.1 Å². The summed E-state index contributed by atoms with van der Waals surface area (Å²) >= 11 is 0. The Morgan fingerprint density at radius 1 is 1.00 bits per heavy atom. The molecule has 0 saturated heterocycles. The summed E-state index contributed by atoms with van der Waals surface area (Å²) in [4.78, 5) is 4.10. The largest absolute Gasteiger partial charge is 0.395 e. The molecule has 0 atom stereocenters. The lowest BCUT2D eigenvalue weighted by Gasteiger charge is -2.22. The van der Waals surface area contributed by atoms with Crippen LogP contribution in [0.1, 0.15) is 57.4 Å². The van der Waals surface area contributed by atoms with E-state index in [4.69, 9.17) is 8.85 Å². The topological polar surface area (TPSA) is 31.4 Å². The summed E-state index contributed by atoms with van der Waals surface area (Å²) in [5, 5.41) is 0. The molecule has 0 saturated carbocycles. The quantitative estimate of drug-likeness (QED) is 0.399. The molecular weight excluding hydrogens is 278 g/mol. The van der Waals surface area contributed by atoms with Crippen molar-refractivity contribution >= 4 is 8.56 Å². The van der Waals surface area contributed by atoms with Gasteiger partial charge in [-0.1, -0.05) is 51.5 Å². The second-order valence-electron chi connectivity index (χ2n) is 6.02. The molecule has 120 valence electrons. The molecule has 0 aliphatic heterocycles. The lowest BCUT2D eigenvalue weighted by Crippen LogP contribution is -2.35. The third-order valence-electron chi connectivity index (χ3n) is 3.51. The van der Waals surface area contributed by atoms with Crippen LogP contribution < -0.4 is 0 Å². The van der Waals surface area contributed by atoms with E-state index in [-0.39, 0.29) is 0 Å². The third-order valence-corrected chi connectivity index (χ3v) is 5.25. The molecule has 0 unspecified atom stereocenters. The van der Waals surface area contributed by atoms with Crippen molar-refractivity contribution in [2.24, 2.45) is 0 Å². The minimum atomic E-state index is -2.00. The average Bonchev–Trinajstić information content (AvgIpc) is 2.49. The van der Waals surface area contributed by atoms with Gasteiger partial charge in [0, 0.05) is 19.0 Å². The Balaban J connectivity index is 2.04. The lowest BCUT2D eigenvalue weighted by molar-refractivity contribution is 0.168. The molecule has 0 fully saturated rings. The second kappa shape index (κ2) is 10.9. The van der Waals surface area contributed by atoms with Crippen molar-refractivity contribution in [1.29, 1.82) is 0 Å². The Kier molecular flexibility index (Phi) is 9.55. The Hall–Kier alpha value is -0.713. The first-order chi connectivity index (χ1) is 10.1. The monoisotopic (exact) mass is 309 g/mol. The molecule has 0 bridgehead atoms. The molecule has 0 amide bonds. The second-order valence-corrected chi connectivity index (χ2v) is 9.40. The van der Waals surface area contributed by atoms with Gasteiger partial charge in [0.2, 0.25) is 0 Å². The van der Waals surface area contributed by atoms with Crippen LogP contribution in [0.4, 0.5) is 0 Å². The van der Waals surface area contributed by atoms with Gasteiger partial charge in [-0.3, -0.25) is 4.98 Å². The van der Waals surface area contributed by atoms with Gasteiger partial charge >= 0.3 is 8.56 Å². The van der Waals surface area contributed by atoms with Crippen molar-refractivity contribution < 1.29 is 8.85 Å². The standard InChI is InChI=1S/C17H31NO2Si/c1-4-5-6-7-8-9-10-14-19-21(2,3)20-16-17-12-11-13-18-15-17/h11-13,15H,4-10,14,16H2,1-3H3. The maximum absolute atomic E-state index is 5.98. The summed E-state index contributed by atoms with van der Waals surface area (Å²) in [6, 6.07) is 3.97. The smallest absolute Gasteiger partial charge is 0.332 e. The molecule has 1 heterocycles. The fourth-order valence-electron chi connectivity index (χ4n) is 2.16. The Morgan fingerprint density at radius 3 is 2.38 bits per heavy atom. The summed E-state index contributed by atoms with van der Waals surface area (Å²) in [6.45, 7) is 7.92. The molecule has 0 aliphatic rings. The number of pyridine rings is 1. The van der Waals surface area contributed by atoms with Crippen molar-refractivity contribution in [3.63, 3.8) is 0 Å². The van der Waals surface area contributed by atoms with E-state index in [1.54, 1.807) is 6.20 Å². The summed E-state index contributed by atoms with van der Waals surface area (Å²) < 4.78 is 11.9. The van der Waals surface area contributed by atoms with Crippen LogP contribution in [0.3, 0.4) is 0 Å². The minimum absolute atomic E-state index is 0.601. The van der Waals surface area contributed by atoms with Gasteiger partial charge in [0.05, 0.1) is 6.61 Å². The fraction of sp³-hybridized carbons (Fsp3) is 0.706. The summed E-state index contributed by atoms with van der Waals surface area (Å²) in [6.07, 6.45) is 12.8. The molecule has 4 heteroatoms. The molecular formula is C17H31NO2Si. The average molecular weight is 310 g/mol. The van der Waals surface area contributed by atoms with Crippen LogP contribution in [0.2, 0.25) is 13.1 Å². The van der Waals surface area contributed by atoms with Crippen molar-refractivity contribution in [3.8, 4) is 0 Å². The van der Waals surface area contributed by atoms with Gasteiger partial charge in [0.15, 0.2) is 0 Å². The van der Waals surface area contributed by atoms with Gasteiger partial charge in [0.1, 0.15) is 0 Å².